The van der Waals surface area contributed by atoms with Gasteiger partial charge in [0.25, 0.3) is 0 Å². The van der Waals surface area contributed by atoms with Gasteiger partial charge in [0.2, 0.25) is 0 Å². The molecule has 20 heavy (non-hydrogen) atoms. The summed E-state index contributed by atoms with van der Waals surface area (Å²) >= 11 is 0. The average molecular weight is 273 g/mol. The van der Waals surface area contributed by atoms with Gasteiger partial charge in [0, 0.05) is 18.0 Å². The molecule has 3 rings (SSSR count). The highest BCUT2D eigenvalue weighted by Crippen LogP contribution is 2.48. The molecule has 0 amide bonds. The fourth-order valence-electron chi connectivity index (χ4n) is 4.02. The van der Waals surface area contributed by atoms with Crippen molar-refractivity contribution in [2.45, 2.75) is 58.9 Å². The first-order valence-corrected chi connectivity index (χ1v) is 7.97. The van der Waals surface area contributed by atoms with E-state index in [-0.39, 0.29) is 17.7 Å². The van der Waals surface area contributed by atoms with Crippen molar-refractivity contribution in [3.05, 3.63) is 35.9 Å². The average Bonchev–Trinajstić information content (AvgIpc) is 2.80. The van der Waals surface area contributed by atoms with Gasteiger partial charge >= 0.3 is 0 Å². The Kier molecular flexibility index (Phi) is 3.64. The second-order valence-corrected chi connectivity index (χ2v) is 7.38. The summed E-state index contributed by atoms with van der Waals surface area (Å²) in [6.07, 6.45) is 3.05. The van der Waals surface area contributed by atoms with Crippen molar-refractivity contribution < 1.29 is 4.74 Å². The Balaban J connectivity index is 1.95. The van der Waals surface area contributed by atoms with E-state index in [1.54, 1.807) is 0 Å². The van der Waals surface area contributed by atoms with Crippen LogP contribution < -0.4 is 0 Å². The Morgan fingerprint density at radius 3 is 2.55 bits per heavy atom. The molecule has 2 heterocycles. The summed E-state index contributed by atoms with van der Waals surface area (Å²) in [7, 11) is 0. The van der Waals surface area contributed by atoms with Crippen molar-refractivity contribution in [3.63, 3.8) is 0 Å². The second kappa shape index (κ2) is 5.16. The van der Waals surface area contributed by atoms with Gasteiger partial charge in [-0.25, -0.2) is 0 Å². The van der Waals surface area contributed by atoms with Gasteiger partial charge < -0.3 is 4.74 Å². The van der Waals surface area contributed by atoms with Gasteiger partial charge in [0.1, 0.15) is 12.3 Å². The minimum atomic E-state index is 0.221. The van der Waals surface area contributed by atoms with Crippen LogP contribution >= 0.6 is 0 Å². The number of rotatable bonds is 2. The lowest BCUT2D eigenvalue weighted by atomic mass is 9.81. The molecule has 2 aliphatic rings. The molecule has 0 aromatic heterocycles. The molecule has 1 aromatic carbocycles. The molecule has 0 N–H and O–H groups in total. The number of fused-ring (bicyclic) bond motifs is 1. The van der Waals surface area contributed by atoms with Crippen LogP contribution in [0.2, 0.25) is 0 Å². The van der Waals surface area contributed by atoms with Gasteiger partial charge in [-0.15, -0.1) is 0 Å². The van der Waals surface area contributed by atoms with Crippen molar-refractivity contribution in [1.82, 2.24) is 4.90 Å². The quantitative estimate of drug-likeness (QED) is 0.799. The fraction of sp³-hybridized carbons (Fsp3) is 0.667. The maximum Gasteiger partial charge on any atom is 0.117 e. The van der Waals surface area contributed by atoms with Crippen LogP contribution in [-0.2, 0) is 4.74 Å². The largest absolute Gasteiger partial charge is 0.353 e. The number of piperidine rings is 1. The van der Waals surface area contributed by atoms with E-state index in [0.717, 1.165) is 0 Å². The molecule has 2 fully saturated rings. The monoisotopic (exact) mass is 273 g/mol. The predicted octanol–water partition coefficient (Wildman–Crippen LogP) is 4.23. The Morgan fingerprint density at radius 1 is 1.20 bits per heavy atom. The topological polar surface area (TPSA) is 12.5 Å². The molecular weight excluding hydrogens is 246 g/mol. The summed E-state index contributed by atoms with van der Waals surface area (Å²) in [5.41, 5.74) is 1.59. The number of benzene rings is 1. The zero-order valence-electron chi connectivity index (χ0n) is 13.2. The molecule has 0 radical (unpaired) electrons. The van der Waals surface area contributed by atoms with Crippen LogP contribution in [0, 0.1) is 11.3 Å². The lowest BCUT2D eigenvalue weighted by molar-refractivity contribution is -0.0994. The van der Waals surface area contributed by atoms with E-state index >= 15 is 0 Å². The molecule has 3 unspecified atom stereocenters. The third-order valence-corrected chi connectivity index (χ3v) is 4.99. The van der Waals surface area contributed by atoms with Gasteiger partial charge in [0.05, 0.1) is 0 Å². The van der Waals surface area contributed by atoms with Crippen molar-refractivity contribution in [2.75, 3.05) is 6.54 Å². The summed E-state index contributed by atoms with van der Waals surface area (Å²) in [4.78, 5) is 2.63. The molecule has 0 bridgehead atoms. The predicted molar refractivity (Wildman–Crippen MR) is 82.4 cm³/mol. The van der Waals surface area contributed by atoms with Gasteiger partial charge in [-0.3, -0.25) is 4.90 Å². The van der Waals surface area contributed by atoms with Crippen molar-refractivity contribution in [1.29, 1.82) is 0 Å². The van der Waals surface area contributed by atoms with E-state index in [1.807, 2.05) is 0 Å². The van der Waals surface area contributed by atoms with Gasteiger partial charge in [0.15, 0.2) is 0 Å². The molecule has 110 valence electrons. The Hall–Kier alpha value is -0.860. The summed E-state index contributed by atoms with van der Waals surface area (Å²) in [6.45, 7) is 10.5. The molecule has 2 nitrogen and oxygen atoms in total. The molecule has 2 aliphatic heterocycles. The highest BCUT2D eigenvalue weighted by atomic mass is 16.5. The fourth-order valence-corrected chi connectivity index (χ4v) is 4.02. The van der Waals surface area contributed by atoms with Gasteiger partial charge in [-0.2, -0.15) is 0 Å². The smallest absolute Gasteiger partial charge is 0.117 e. The maximum atomic E-state index is 6.57. The van der Waals surface area contributed by atoms with Crippen LogP contribution in [0.4, 0.5) is 0 Å². The minimum absolute atomic E-state index is 0.221. The van der Waals surface area contributed by atoms with E-state index in [9.17, 15) is 0 Å². The molecular formula is C18H27NO. The van der Waals surface area contributed by atoms with E-state index in [4.69, 9.17) is 4.74 Å². The Bertz CT molecular complexity index is 454. The summed E-state index contributed by atoms with van der Waals surface area (Å²) in [6, 6.07) is 11.3. The van der Waals surface area contributed by atoms with Crippen LogP contribution in [0.15, 0.2) is 30.3 Å². The first-order valence-electron chi connectivity index (χ1n) is 7.97. The van der Waals surface area contributed by atoms with Crippen LogP contribution in [0.5, 0.6) is 0 Å². The molecule has 0 saturated carbocycles. The molecule has 1 aromatic rings. The number of nitrogens with zero attached hydrogens (tertiary/aromatic N) is 1. The van der Waals surface area contributed by atoms with Crippen molar-refractivity contribution in [3.8, 4) is 0 Å². The minimum Gasteiger partial charge on any atom is -0.353 e. The highest BCUT2D eigenvalue weighted by molar-refractivity contribution is 5.21. The summed E-state index contributed by atoms with van der Waals surface area (Å²) in [5.74, 6) is 0.610. The number of hydrogen-bond donors (Lipinski definition) is 0. The van der Waals surface area contributed by atoms with Crippen LogP contribution in [0.25, 0.3) is 0 Å². The molecule has 2 heteroatoms. The molecule has 2 saturated heterocycles. The lowest BCUT2D eigenvalue weighted by Gasteiger charge is -2.43. The number of hydrogen-bond acceptors (Lipinski definition) is 2. The standard InChI is InChI=1S/C18H27NO/c1-13(2)15-16(14-9-6-5-7-10-14)20-17-18(3,4)11-8-12-19(15)17/h5-7,9-10,13,15-17H,8,11-12H2,1-4H3. The highest BCUT2D eigenvalue weighted by Gasteiger charge is 2.51. The Labute approximate surface area is 123 Å². The zero-order chi connectivity index (χ0) is 14.3. The first-order chi connectivity index (χ1) is 9.50. The van der Waals surface area contributed by atoms with Gasteiger partial charge in [-0.05, 0) is 24.3 Å². The Morgan fingerprint density at radius 2 is 1.90 bits per heavy atom. The second-order valence-electron chi connectivity index (χ2n) is 7.38. The van der Waals surface area contributed by atoms with E-state index in [2.05, 4.69) is 62.9 Å². The summed E-state index contributed by atoms with van der Waals surface area (Å²) in [5, 5.41) is 0. The SMILES string of the molecule is CC(C)C1C(c2ccccc2)OC2N1CCCC2(C)C. The lowest BCUT2D eigenvalue weighted by Crippen LogP contribution is -2.50. The van der Waals surface area contributed by atoms with Crippen molar-refractivity contribution in [2.24, 2.45) is 11.3 Å². The first kappa shape index (κ1) is 14.1. The zero-order valence-corrected chi connectivity index (χ0v) is 13.2. The van der Waals surface area contributed by atoms with E-state index in [1.165, 1.54) is 24.9 Å². The van der Waals surface area contributed by atoms with Crippen LogP contribution in [0.1, 0.15) is 52.2 Å². The van der Waals surface area contributed by atoms with E-state index in [0.29, 0.717) is 12.0 Å². The normalized spacial score (nSPS) is 33.4. The molecule has 0 aliphatic carbocycles. The van der Waals surface area contributed by atoms with Crippen molar-refractivity contribution >= 4 is 0 Å². The molecule has 0 spiro atoms. The summed E-state index contributed by atoms with van der Waals surface area (Å²) < 4.78 is 6.57. The van der Waals surface area contributed by atoms with Gasteiger partial charge in [-0.1, -0.05) is 58.0 Å². The maximum absolute atomic E-state index is 6.57. The number of ether oxygens (including phenoxy) is 1. The third kappa shape index (κ3) is 2.29. The van der Waals surface area contributed by atoms with Crippen LogP contribution in [-0.4, -0.2) is 23.7 Å². The van der Waals surface area contributed by atoms with Crippen LogP contribution in [0.3, 0.4) is 0 Å². The molecule has 3 atom stereocenters. The van der Waals surface area contributed by atoms with E-state index < -0.39 is 0 Å². The third-order valence-electron chi connectivity index (χ3n) is 4.99.